The maximum absolute atomic E-state index is 6.15. The zero-order valence-electron chi connectivity index (χ0n) is 12.3. The van der Waals surface area contributed by atoms with E-state index in [2.05, 4.69) is 21.2 Å². The zero-order valence-corrected chi connectivity index (χ0v) is 15.3. The van der Waals surface area contributed by atoms with E-state index in [1.807, 2.05) is 19.1 Å². The van der Waals surface area contributed by atoms with E-state index in [1.165, 1.54) is 0 Å². The Bertz CT molecular complexity index is 665. The SMILES string of the molecule is CCOc1cc(CNc2cc(Cl)ccc2Cl)c(Br)cc1OC. The average Bonchev–Trinajstić information content (AvgIpc) is 2.50. The molecule has 22 heavy (non-hydrogen) atoms. The van der Waals surface area contributed by atoms with Crippen molar-refractivity contribution in [2.75, 3.05) is 19.0 Å². The molecule has 0 aliphatic heterocycles. The third-order valence-electron chi connectivity index (χ3n) is 3.03. The number of benzene rings is 2. The molecule has 0 heterocycles. The van der Waals surface area contributed by atoms with Crippen molar-refractivity contribution in [2.45, 2.75) is 13.5 Å². The molecule has 2 rings (SSSR count). The summed E-state index contributed by atoms with van der Waals surface area (Å²) in [4.78, 5) is 0. The number of rotatable bonds is 6. The minimum atomic E-state index is 0.574. The lowest BCUT2D eigenvalue weighted by molar-refractivity contribution is 0.310. The van der Waals surface area contributed by atoms with E-state index in [0.717, 1.165) is 15.7 Å². The predicted molar refractivity (Wildman–Crippen MR) is 95.7 cm³/mol. The highest BCUT2D eigenvalue weighted by atomic mass is 79.9. The van der Waals surface area contributed by atoms with E-state index in [-0.39, 0.29) is 0 Å². The van der Waals surface area contributed by atoms with Gasteiger partial charge in [0.2, 0.25) is 0 Å². The summed E-state index contributed by atoms with van der Waals surface area (Å²) in [6, 6.07) is 9.15. The molecule has 0 unspecified atom stereocenters. The van der Waals surface area contributed by atoms with Crippen LogP contribution < -0.4 is 14.8 Å². The first-order valence-corrected chi connectivity index (χ1v) is 8.28. The van der Waals surface area contributed by atoms with Gasteiger partial charge in [0.25, 0.3) is 0 Å². The molecular weight excluding hydrogens is 389 g/mol. The topological polar surface area (TPSA) is 30.5 Å². The third-order valence-corrected chi connectivity index (χ3v) is 4.33. The van der Waals surface area contributed by atoms with Gasteiger partial charge in [0, 0.05) is 16.0 Å². The molecule has 0 amide bonds. The van der Waals surface area contributed by atoms with Crippen LogP contribution in [0.1, 0.15) is 12.5 Å². The molecule has 0 saturated heterocycles. The van der Waals surface area contributed by atoms with Crippen LogP contribution in [0.15, 0.2) is 34.8 Å². The summed E-state index contributed by atoms with van der Waals surface area (Å²) >= 11 is 15.7. The van der Waals surface area contributed by atoms with Crippen LogP contribution in [0.3, 0.4) is 0 Å². The number of ether oxygens (including phenoxy) is 2. The summed E-state index contributed by atoms with van der Waals surface area (Å²) in [5, 5.41) is 4.53. The van der Waals surface area contributed by atoms with Crippen molar-refractivity contribution in [1.82, 2.24) is 0 Å². The Morgan fingerprint density at radius 1 is 1.14 bits per heavy atom. The monoisotopic (exact) mass is 403 g/mol. The molecule has 0 spiro atoms. The number of anilines is 1. The van der Waals surface area contributed by atoms with Gasteiger partial charge in [-0.3, -0.25) is 0 Å². The highest BCUT2D eigenvalue weighted by Gasteiger charge is 2.10. The van der Waals surface area contributed by atoms with Crippen molar-refractivity contribution in [3.63, 3.8) is 0 Å². The number of hydrogen-bond donors (Lipinski definition) is 1. The van der Waals surface area contributed by atoms with Crippen LogP contribution in [0, 0.1) is 0 Å². The van der Waals surface area contributed by atoms with Crippen molar-refractivity contribution < 1.29 is 9.47 Å². The largest absolute Gasteiger partial charge is 0.493 e. The van der Waals surface area contributed by atoms with E-state index in [0.29, 0.717) is 34.7 Å². The number of methoxy groups -OCH3 is 1. The normalized spacial score (nSPS) is 10.4. The van der Waals surface area contributed by atoms with Crippen LogP contribution in [-0.4, -0.2) is 13.7 Å². The van der Waals surface area contributed by atoms with E-state index in [1.54, 1.807) is 25.3 Å². The molecule has 0 fully saturated rings. The fourth-order valence-corrected chi connectivity index (χ4v) is 2.78. The lowest BCUT2D eigenvalue weighted by atomic mass is 10.2. The number of hydrogen-bond acceptors (Lipinski definition) is 3. The van der Waals surface area contributed by atoms with E-state index in [9.17, 15) is 0 Å². The fourth-order valence-electron chi connectivity index (χ4n) is 1.96. The van der Waals surface area contributed by atoms with Gasteiger partial charge in [0.05, 0.1) is 24.4 Å². The van der Waals surface area contributed by atoms with Crippen LogP contribution in [0.2, 0.25) is 10.0 Å². The number of nitrogens with one attached hydrogen (secondary N) is 1. The van der Waals surface area contributed by atoms with Gasteiger partial charge < -0.3 is 14.8 Å². The van der Waals surface area contributed by atoms with Gasteiger partial charge in [0.1, 0.15) is 0 Å². The first-order valence-electron chi connectivity index (χ1n) is 6.73. The molecule has 0 bridgehead atoms. The minimum Gasteiger partial charge on any atom is -0.493 e. The first kappa shape index (κ1) is 17.3. The van der Waals surface area contributed by atoms with Gasteiger partial charge in [0.15, 0.2) is 11.5 Å². The van der Waals surface area contributed by atoms with Gasteiger partial charge >= 0.3 is 0 Å². The molecule has 0 aliphatic carbocycles. The predicted octanol–water partition coefficient (Wildman–Crippen LogP) is 5.78. The molecule has 1 N–H and O–H groups in total. The molecule has 6 heteroatoms. The molecule has 3 nitrogen and oxygen atoms in total. The van der Waals surface area contributed by atoms with Crippen LogP contribution in [0.25, 0.3) is 0 Å². The summed E-state index contributed by atoms with van der Waals surface area (Å²) in [6.45, 7) is 3.08. The zero-order chi connectivity index (χ0) is 16.1. The minimum absolute atomic E-state index is 0.574. The van der Waals surface area contributed by atoms with Crippen molar-refractivity contribution >= 4 is 44.8 Å². The van der Waals surface area contributed by atoms with Crippen LogP contribution >= 0.6 is 39.1 Å². The van der Waals surface area contributed by atoms with Gasteiger partial charge in [-0.15, -0.1) is 0 Å². The maximum Gasteiger partial charge on any atom is 0.161 e. The van der Waals surface area contributed by atoms with Crippen molar-refractivity contribution in [3.8, 4) is 11.5 Å². The lowest BCUT2D eigenvalue weighted by Gasteiger charge is -2.14. The molecule has 0 aromatic heterocycles. The van der Waals surface area contributed by atoms with Gasteiger partial charge in [-0.05, 0) is 42.8 Å². The molecule has 0 atom stereocenters. The fraction of sp³-hybridized carbons (Fsp3) is 0.250. The average molecular weight is 405 g/mol. The Morgan fingerprint density at radius 3 is 2.59 bits per heavy atom. The van der Waals surface area contributed by atoms with Gasteiger partial charge in [-0.1, -0.05) is 39.1 Å². The summed E-state index contributed by atoms with van der Waals surface area (Å²) in [7, 11) is 1.62. The molecule has 0 radical (unpaired) electrons. The van der Waals surface area contributed by atoms with Gasteiger partial charge in [-0.2, -0.15) is 0 Å². The Labute approximate surface area is 148 Å². The van der Waals surface area contributed by atoms with E-state index >= 15 is 0 Å². The summed E-state index contributed by atoms with van der Waals surface area (Å²) in [6.07, 6.45) is 0. The van der Waals surface area contributed by atoms with Crippen molar-refractivity contribution in [3.05, 3.63) is 50.4 Å². The first-order chi connectivity index (χ1) is 10.5. The Hall–Kier alpha value is -1.10. The molecule has 0 saturated carbocycles. The van der Waals surface area contributed by atoms with Crippen molar-refractivity contribution in [2.24, 2.45) is 0 Å². The van der Waals surface area contributed by atoms with Crippen LogP contribution in [0.4, 0.5) is 5.69 Å². The second-order valence-corrected chi connectivity index (χ2v) is 6.20. The smallest absolute Gasteiger partial charge is 0.161 e. The van der Waals surface area contributed by atoms with E-state index in [4.69, 9.17) is 32.7 Å². The highest BCUT2D eigenvalue weighted by molar-refractivity contribution is 9.10. The third kappa shape index (κ3) is 4.22. The maximum atomic E-state index is 6.15. The Kier molecular flexibility index (Phi) is 6.24. The molecular formula is C16H16BrCl2NO2. The summed E-state index contributed by atoms with van der Waals surface area (Å²) in [5.74, 6) is 1.40. The quantitative estimate of drug-likeness (QED) is 0.662. The van der Waals surface area contributed by atoms with E-state index < -0.39 is 0 Å². The van der Waals surface area contributed by atoms with Crippen LogP contribution in [0.5, 0.6) is 11.5 Å². The second-order valence-electron chi connectivity index (χ2n) is 4.51. The van der Waals surface area contributed by atoms with Crippen molar-refractivity contribution in [1.29, 1.82) is 0 Å². The molecule has 0 aliphatic rings. The lowest BCUT2D eigenvalue weighted by Crippen LogP contribution is -2.03. The highest BCUT2D eigenvalue weighted by Crippen LogP contribution is 2.34. The Balaban J connectivity index is 2.22. The molecule has 2 aromatic carbocycles. The number of halogens is 3. The molecule has 2 aromatic rings. The van der Waals surface area contributed by atoms with Gasteiger partial charge in [-0.25, -0.2) is 0 Å². The van der Waals surface area contributed by atoms with Crippen LogP contribution in [-0.2, 0) is 6.54 Å². The second kappa shape index (κ2) is 7.95. The standard InChI is InChI=1S/C16H16BrCl2NO2/c1-3-22-16-6-10(12(17)8-15(16)21-2)9-20-14-7-11(18)4-5-13(14)19/h4-8,20H,3,9H2,1-2H3. The Morgan fingerprint density at radius 2 is 1.91 bits per heavy atom. The summed E-state index contributed by atoms with van der Waals surface area (Å²) < 4.78 is 11.8. The summed E-state index contributed by atoms with van der Waals surface area (Å²) in [5.41, 5.74) is 1.81. The molecule has 118 valence electrons.